The number of nitrogens with one attached hydrogen (secondary N) is 1. The average Bonchev–Trinajstić information content (AvgIpc) is 3.23. The number of nitrogens with zero attached hydrogens (tertiary/aromatic N) is 2. The van der Waals surface area contributed by atoms with E-state index in [1.807, 2.05) is 25.1 Å². The Morgan fingerprint density at radius 2 is 1.86 bits per heavy atom. The number of para-hydroxylation sites is 2. The van der Waals surface area contributed by atoms with Crippen LogP contribution in [0.4, 0.5) is 5.69 Å². The first-order chi connectivity index (χ1) is 13.5. The standard InChI is InChI=1S/C20H15ClN4O2S/c1-11-13-10-17(19(27)23-15-8-4-2-6-12(15)18(22)26)28-20(13)25(24-11)16-9-5-3-7-14(16)21/h2-10H,1H3,(H2,22,26)(H,23,27). The summed E-state index contributed by atoms with van der Waals surface area (Å²) in [6.45, 7) is 1.88. The van der Waals surface area contributed by atoms with Crippen LogP contribution in [0.25, 0.3) is 15.9 Å². The van der Waals surface area contributed by atoms with E-state index in [1.165, 1.54) is 11.3 Å². The molecule has 0 aliphatic carbocycles. The van der Waals surface area contributed by atoms with Crippen molar-refractivity contribution >= 4 is 50.7 Å². The van der Waals surface area contributed by atoms with Gasteiger partial charge in [0.1, 0.15) is 4.83 Å². The highest BCUT2D eigenvalue weighted by molar-refractivity contribution is 7.20. The summed E-state index contributed by atoms with van der Waals surface area (Å²) in [5, 5.41) is 8.76. The lowest BCUT2D eigenvalue weighted by Gasteiger charge is -2.07. The molecule has 2 amide bonds. The Balaban J connectivity index is 1.73. The maximum atomic E-state index is 12.8. The van der Waals surface area contributed by atoms with Crippen molar-refractivity contribution in [2.24, 2.45) is 5.73 Å². The molecule has 2 aromatic carbocycles. The number of halogens is 1. The molecule has 3 N–H and O–H groups in total. The molecule has 0 aliphatic heterocycles. The van der Waals surface area contributed by atoms with Gasteiger partial charge in [0.15, 0.2) is 0 Å². The quantitative estimate of drug-likeness (QED) is 0.522. The molecule has 28 heavy (non-hydrogen) atoms. The Bertz CT molecular complexity index is 1230. The number of nitrogens with two attached hydrogens (primary N) is 1. The van der Waals surface area contributed by atoms with Gasteiger partial charge in [0.25, 0.3) is 11.8 Å². The van der Waals surface area contributed by atoms with Gasteiger partial charge < -0.3 is 11.1 Å². The number of aromatic nitrogens is 2. The van der Waals surface area contributed by atoms with Crippen LogP contribution in [-0.4, -0.2) is 21.6 Å². The third-order valence-corrected chi connectivity index (χ3v) is 5.72. The molecular weight excluding hydrogens is 396 g/mol. The van der Waals surface area contributed by atoms with Crippen molar-refractivity contribution in [3.8, 4) is 5.69 Å². The number of rotatable bonds is 4. The molecule has 0 atom stereocenters. The van der Waals surface area contributed by atoms with Crippen LogP contribution in [0.5, 0.6) is 0 Å². The molecule has 4 aromatic rings. The van der Waals surface area contributed by atoms with E-state index in [1.54, 1.807) is 41.1 Å². The molecule has 0 saturated carbocycles. The van der Waals surface area contributed by atoms with E-state index < -0.39 is 5.91 Å². The number of amides is 2. The number of carbonyl (C=O) groups is 2. The number of benzene rings is 2. The molecule has 8 heteroatoms. The van der Waals surface area contributed by atoms with Gasteiger partial charge in [0.05, 0.1) is 32.5 Å². The van der Waals surface area contributed by atoms with Crippen LogP contribution in [0.15, 0.2) is 54.6 Å². The summed E-state index contributed by atoms with van der Waals surface area (Å²) >= 11 is 7.62. The molecule has 2 heterocycles. The molecule has 0 unspecified atom stereocenters. The average molecular weight is 411 g/mol. The van der Waals surface area contributed by atoms with Crippen molar-refractivity contribution in [2.75, 3.05) is 5.32 Å². The number of aryl methyl sites for hydroxylation is 1. The predicted octanol–water partition coefficient (Wildman–Crippen LogP) is 4.40. The molecule has 2 aromatic heterocycles. The van der Waals surface area contributed by atoms with Crippen LogP contribution < -0.4 is 11.1 Å². The third kappa shape index (κ3) is 3.15. The molecule has 0 radical (unpaired) electrons. The molecule has 0 spiro atoms. The summed E-state index contributed by atoms with van der Waals surface area (Å²) in [4.78, 5) is 25.7. The minimum absolute atomic E-state index is 0.260. The highest BCUT2D eigenvalue weighted by atomic mass is 35.5. The smallest absolute Gasteiger partial charge is 0.265 e. The molecular formula is C20H15ClN4O2S. The van der Waals surface area contributed by atoms with E-state index in [0.29, 0.717) is 15.6 Å². The number of thiophene rings is 1. The first-order valence-electron chi connectivity index (χ1n) is 8.40. The van der Waals surface area contributed by atoms with Gasteiger partial charge in [-0.3, -0.25) is 9.59 Å². The zero-order valence-electron chi connectivity index (χ0n) is 14.8. The van der Waals surface area contributed by atoms with Gasteiger partial charge in [-0.05, 0) is 37.3 Å². The van der Waals surface area contributed by atoms with E-state index >= 15 is 0 Å². The second-order valence-electron chi connectivity index (χ2n) is 6.14. The van der Waals surface area contributed by atoms with Crippen LogP contribution in [0.2, 0.25) is 5.02 Å². The van der Waals surface area contributed by atoms with Gasteiger partial charge in [0, 0.05) is 5.39 Å². The summed E-state index contributed by atoms with van der Waals surface area (Å²) in [7, 11) is 0. The van der Waals surface area contributed by atoms with Crippen molar-refractivity contribution in [3.05, 3.63) is 75.8 Å². The monoisotopic (exact) mass is 410 g/mol. The number of hydrogen-bond donors (Lipinski definition) is 2. The minimum Gasteiger partial charge on any atom is -0.366 e. The van der Waals surface area contributed by atoms with Crippen LogP contribution in [-0.2, 0) is 0 Å². The predicted molar refractivity (Wildman–Crippen MR) is 112 cm³/mol. The normalized spacial score (nSPS) is 10.9. The molecule has 6 nitrogen and oxygen atoms in total. The zero-order valence-corrected chi connectivity index (χ0v) is 16.3. The lowest BCUT2D eigenvalue weighted by Crippen LogP contribution is -2.17. The Hall–Kier alpha value is -3.16. The maximum Gasteiger partial charge on any atom is 0.265 e. The van der Waals surface area contributed by atoms with Crippen molar-refractivity contribution in [1.82, 2.24) is 9.78 Å². The van der Waals surface area contributed by atoms with E-state index in [2.05, 4.69) is 10.4 Å². The van der Waals surface area contributed by atoms with Crippen molar-refractivity contribution in [1.29, 1.82) is 0 Å². The summed E-state index contributed by atoms with van der Waals surface area (Å²) in [5.41, 5.74) is 7.56. The SMILES string of the molecule is Cc1nn(-c2ccccc2Cl)c2sc(C(=O)Nc3ccccc3C(N)=O)cc12. The fourth-order valence-corrected chi connectivity index (χ4v) is 4.22. The summed E-state index contributed by atoms with van der Waals surface area (Å²) in [6.07, 6.45) is 0. The van der Waals surface area contributed by atoms with Crippen molar-refractivity contribution in [3.63, 3.8) is 0 Å². The topological polar surface area (TPSA) is 90.0 Å². The Morgan fingerprint density at radius 3 is 2.61 bits per heavy atom. The summed E-state index contributed by atoms with van der Waals surface area (Å²) in [5.74, 6) is -0.919. The second-order valence-corrected chi connectivity index (χ2v) is 7.58. The van der Waals surface area contributed by atoms with Crippen LogP contribution in [0, 0.1) is 6.92 Å². The minimum atomic E-state index is -0.600. The van der Waals surface area contributed by atoms with E-state index in [4.69, 9.17) is 17.3 Å². The Morgan fingerprint density at radius 1 is 1.14 bits per heavy atom. The van der Waals surface area contributed by atoms with E-state index in [-0.39, 0.29) is 11.5 Å². The molecule has 0 saturated heterocycles. The lowest BCUT2D eigenvalue weighted by atomic mass is 10.1. The number of hydrogen-bond acceptors (Lipinski definition) is 4. The highest BCUT2D eigenvalue weighted by Crippen LogP contribution is 2.32. The summed E-state index contributed by atoms with van der Waals surface area (Å²) < 4.78 is 1.74. The van der Waals surface area contributed by atoms with Gasteiger partial charge in [-0.2, -0.15) is 5.10 Å². The molecule has 140 valence electrons. The fourth-order valence-electron chi connectivity index (χ4n) is 2.94. The first-order valence-corrected chi connectivity index (χ1v) is 9.59. The molecule has 0 fully saturated rings. The maximum absolute atomic E-state index is 12.8. The fraction of sp³-hybridized carbons (Fsp3) is 0.0500. The highest BCUT2D eigenvalue weighted by Gasteiger charge is 2.19. The van der Waals surface area contributed by atoms with Gasteiger partial charge in [-0.1, -0.05) is 35.9 Å². The third-order valence-electron chi connectivity index (χ3n) is 4.29. The number of anilines is 1. The summed E-state index contributed by atoms with van der Waals surface area (Å²) in [6, 6.07) is 15.8. The molecule has 0 aliphatic rings. The zero-order chi connectivity index (χ0) is 19.8. The number of primary amides is 1. The Kier molecular flexibility index (Phi) is 4.62. The largest absolute Gasteiger partial charge is 0.366 e. The lowest BCUT2D eigenvalue weighted by molar-refractivity contribution is 0.100. The van der Waals surface area contributed by atoms with E-state index in [9.17, 15) is 9.59 Å². The van der Waals surface area contributed by atoms with Crippen molar-refractivity contribution in [2.45, 2.75) is 6.92 Å². The van der Waals surface area contributed by atoms with Crippen molar-refractivity contribution < 1.29 is 9.59 Å². The van der Waals surface area contributed by atoms with Gasteiger partial charge in [0.2, 0.25) is 0 Å². The molecule has 0 bridgehead atoms. The molecule has 4 rings (SSSR count). The van der Waals surface area contributed by atoms with Crippen LogP contribution in [0.1, 0.15) is 25.7 Å². The number of carbonyl (C=O) groups excluding carboxylic acids is 2. The second kappa shape index (κ2) is 7.10. The van der Waals surface area contributed by atoms with Gasteiger partial charge >= 0.3 is 0 Å². The first kappa shape index (κ1) is 18.2. The van der Waals surface area contributed by atoms with E-state index in [0.717, 1.165) is 21.6 Å². The van der Waals surface area contributed by atoms with Crippen LogP contribution in [0.3, 0.4) is 0 Å². The number of fused-ring (bicyclic) bond motifs is 1. The van der Waals surface area contributed by atoms with Gasteiger partial charge in [-0.25, -0.2) is 4.68 Å². The Labute approximate surface area is 169 Å². The van der Waals surface area contributed by atoms with Gasteiger partial charge in [-0.15, -0.1) is 11.3 Å². The van der Waals surface area contributed by atoms with Crippen LogP contribution >= 0.6 is 22.9 Å².